The summed E-state index contributed by atoms with van der Waals surface area (Å²) in [6.45, 7) is 1.96. The highest BCUT2D eigenvalue weighted by Gasteiger charge is 2.21. The van der Waals surface area contributed by atoms with Gasteiger partial charge in [0.05, 0.1) is 18.0 Å². The van der Waals surface area contributed by atoms with Crippen LogP contribution in [0.2, 0.25) is 0 Å². The smallest absolute Gasteiger partial charge is 0.294 e. The highest BCUT2D eigenvalue weighted by atomic mass is 16.4. The number of para-hydroxylation sites is 2. The van der Waals surface area contributed by atoms with E-state index in [-0.39, 0.29) is 24.8 Å². The number of rotatable bonds is 5. The van der Waals surface area contributed by atoms with E-state index < -0.39 is 0 Å². The Morgan fingerprint density at radius 2 is 2.05 bits per heavy atom. The minimum atomic E-state index is -0.309. The molecule has 106 valence electrons. The molecule has 0 aliphatic rings. The molecule has 0 aliphatic carbocycles. The number of nitrogen functional groups attached to an aromatic ring is 1. The van der Waals surface area contributed by atoms with Crippen LogP contribution in [0.4, 0.5) is 11.4 Å². The monoisotopic (exact) mass is 274 g/mol. The molecule has 0 radical (unpaired) electrons. The van der Waals surface area contributed by atoms with E-state index in [1.165, 1.54) is 4.90 Å². The number of aliphatic hydroxyl groups is 1. The van der Waals surface area contributed by atoms with Crippen molar-refractivity contribution in [1.29, 1.82) is 0 Å². The Labute approximate surface area is 117 Å². The lowest BCUT2D eigenvalue weighted by molar-refractivity contribution is 0.0953. The topological polar surface area (TPSA) is 79.7 Å². The van der Waals surface area contributed by atoms with E-state index in [1.54, 1.807) is 36.4 Å². The number of nitrogens with zero attached hydrogens (tertiary/aromatic N) is 1. The molecule has 1 heterocycles. The van der Waals surface area contributed by atoms with Gasteiger partial charge in [0, 0.05) is 13.0 Å². The molecule has 0 spiro atoms. The van der Waals surface area contributed by atoms with Crippen LogP contribution in [-0.4, -0.2) is 24.2 Å². The highest BCUT2D eigenvalue weighted by molar-refractivity contribution is 6.05. The zero-order chi connectivity index (χ0) is 14.5. The maximum Gasteiger partial charge on any atom is 0.294 e. The number of carbonyl (C=O) groups excluding carboxylic acids is 1. The number of benzene rings is 1. The average molecular weight is 274 g/mol. The number of anilines is 2. The van der Waals surface area contributed by atoms with E-state index >= 15 is 0 Å². The van der Waals surface area contributed by atoms with Gasteiger partial charge in [-0.15, -0.1) is 0 Å². The Morgan fingerprint density at radius 3 is 2.65 bits per heavy atom. The van der Waals surface area contributed by atoms with Gasteiger partial charge in [0.1, 0.15) is 5.76 Å². The lowest BCUT2D eigenvalue weighted by atomic mass is 10.2. The second-order valence-corrected chi connectivity index (χ2v) is 4.36. The number of carbonyl (C=O) groups is 1. The molecule has 0 bridgehead atoms. The van der Waals surface area contributed by atoms with Crippen molar-refractivity contribution < 1.29 is 14.3 Å². The quantitative estimate of drug-likeness (QED) is 0.818. The minimum Gasteiger partial charge on any atom is -0.456 e. The van der Waals surface area contributed by atoms with E-state index in [4.69, 9.17) is 10.2 Å². The Hall–Kier alpha value is -2.27. The van der Waals surface area contributed by atoms with E-state index in [0.29, 0.717) is 11.4 Å². The molecule has 5 nitrogen and oxygen atoms in total. The molecule has 2 rings (SSSR count). The zero-order valence-corrected chi connectivity index (χ0v) is 11.4. The third-order valence-corrected chi connectivity index (χ3v) is 3.02. The lowest BCUT2D eigenvalue weighted by Crippen LogP contribution is -2.33. The Morgan fingerprint density at radius 1 is 1.30 bits per heavy atom. The Kier molecular flexibility index (Phi) is 4.42. The molecule has 1 aromatic heterocycles. The summed E-state index contributed by atoms with van der Waals surface area (Å²) in [7, 11) is 0. The van der Waals surface area contributed by atoms with Gasteiger partial charge in [-0.2, -0.15) is 0 Å². The van der Waals surface area contributed by atoms with Crippen molar-refractivity contribution in [2.45, 2.75) is 13.3 Å². The maximum atomic E-state index is 12.5. The van der Waals surface area contributed by atoms with Crippen LogP contribution in [0.1, 0.15) is 23.2 Å². The molecule has 0 aliphatic heterocycles. The van der Waals surface area contributed by atoms with Gasteiger partial charge in [0.15, 0.2) is 5.76 Å². The van der Waals surface area contributed by atoms with Crippen LogP contribution in [0.15, 0.2) is 40.8 Å². The van der Waals surface area contributed by atoms with Gasteiger partial charge >= 0.3 is 0 Å². The predicted octanol–water partition coefficient (Wildman–Crippen LogP) is 2.06. The Balaban J connectivity index is 2.33. The van der Waals surface area contributed by atoms with Crippen molar-refractivity contribution in [3.8, 4) is 0 Å². The highest BCUT2D eigenvalue weighted by Crippen LogP contribution is 2.24. The van der Waals surface area contributed by atoms with Gasteiger partial charge < -0.3 is 20.2 Å². The van der Waals surface area contributed by atoms with Crippen LogP contribution in [0.3, 0.4) is 0 Å². The first-order chi connectivity index (χ1) is 9.67. The van der Waals surface area contributed by atoms with Crippen molar-refractivity contribution in [3.63, 3.8) is 0 Å². The standard InChI is InChI=1S/C15H18N2O3/c1-2-11-7-8-14(20-11)15(19)17(9-10-18)13-6-4-3-5-12(13)16/h3-8,18H,2,9-10,16H2,1H3. The summed E-state index contributed by atoms with van der Waals surface area (Å²) in [6, 6.07) is 10.5. The van der Waals surface area contributed by atoms with E-state index in [2.05, 4.69) is 0 Å². The summed E-state index contributed by atoms with van der Waals surface area (Å²) in [5, 5.41) is 9.17. The maximum absolute atomic E-state index is 12.5. The molecule has 0 unspecified atom stereocenters. The number of amides is 1. The van der Waals surface area contributed by atoms with Crippen molar-refractivity contribution in [1.82, 2.24) is 0 Å². The molecule has 0 fully saturated rings. The van der Waals surface area contributed by atoms with E-state index in [9.17, 15) is 9.90 Å². The van der Waals surface area contributed by atoms with Gasteiger partial charge in [-0.3, -0.25) is 4.79 Å². The zero-order valence-electron chi connectivity index (χ0n) is 11.4. The second-order valence-electron chi connectivity index (χ2n) is 4.36. The van der Waals surface area contributed by atoms with Crippen molar-refractivity contribution >= 4 is 17.3 Å². The third kappa shape index (κ3) is 2.83. The molecule has 5 heteroatoms. The van der Waals surface area contributed by atoms with Gasteiger partial charge in [0.2, 0.25) is 0 Å². The van der Waals surface area contributed by atoms with E-state index in [1.807, 2.05) is 6.92 Å². The van der Waals surface area contributed by atoms with Crippen molar-refractivity contribution in [2.75, 3.05) is 23.8 Å². The van der Waals surface area contributed by atoms with Crippen LogP contribution < -0.4 is 10.6 Å². The van der Waals surface area contributed by atoms with Crippen LogP contribution in [0, 0.1) is 0 Å². The number of aryl methyl sites for hydroxylation is 1. The van der Waals surface area contributed by atoms with Gasteiger partial charge in [-0.1, -0.05) is 19.1 Å². The van der Waals surface area contributed by atoms with Crippen molar-refractivity contribution in [3.05, 3.63) is 47.9 Å². The fourth-order valence-corrected chi connectivity index (χ4v) is 1.98. The first kappa shape index (κ1) is 14.1. The first-order valence-corrected chi connectivity index (χ1v) is 6.53. The normalized spacial score (nSPS) is 10.5. The molecule has 3 N–H and O–H groups in total. The molecule has 2 aromatic rings. The molecule has 1 aromatic carbocycles. The van der Waals surface area contributed by atoms with Gasteiger partial charge in [0.25, 0.3) is 5.91 Å². The van der Waals surface area contributed by atoms with Crippen LogP contribution >= 0.6 is 0 Å². The summed E-state index contributed by atoms with van der Waals surface area (Å²) in [6.07, 6.45) is 0.723. The number of aliphatic hydroxyl groups excluding tert-OH is 1. The predicted molar refractivity (Wildman–Crippen MR) is 77.7 cm³/mol. The van der Waals surface area contributed by atoms with Gasteiger partial charge in [-0.05, 0) is 24.3 Å². The van der Waals surface area contributed by atoms with Crippen LogP contribution in [0.5, 0.6) is 0 Å². The number of hydrogen-bond acceptors (Lipinski definition) is 4. The average Bonchev–Trinajstić information content (AvgIpc) is 2.94. The lowest BCUT2D eigenvalue weighted by Gasteiger charge is -2.22. The minimum absolute atomic E-state index is 0.151. The number of furan rings is 1. The third-order valence-electron chi connectivity index (χ3n) is 3.02. The van der Waals surface area contributed by atoms with Crippen molar-refractivity contribution in [2.24, 2.45) is 0 Å². The molecule has 0 saturated carbocycles. The van der Waals surface area contributed by atoms with Crippen LogP contribution in [0.25, 0.3) is 0 Å². The molecule has 0 atom stereocenters. The summed E-state index contributed by atoms with van der Waals surface area (Å²) in [4.78, 5) is 13.9. The summed E-state index contributed by atoms with van der Waals surface area (Å²) in [5.41, 5.74) is 6.95. The fraction of sp³-hybridized carbons (Fsp3) is 0.267. The second kappa shape index (κ2) is 6.25. The van der Waals surface area contributed by atoms with Crippen LogP contribution in [-0.2, 0) is 6.42 Å². The SMILES string of the molecule is CCc1ccc(C(=O)N(CCO)c2ccccc2N)o1. The number of nitrogens with two attached hydrogens (primary N) is 1. The van der Waals surface area contributed by atoms with E-state index in [0.717, 1.165) is 12.2 Å². The van der Waals surface area contributed by atoms with Gasteiger partial charge in [-0.25, -0.2) is 0 Å². The summed E-state index contributed by atoms with van der Waals surface area (Å²) in [5.74, 6) is 0.688. The molecule has 20 heavy (non-hydrogen) atoms. The number of hydrogen-bond donors (Lipinski definition) is 2. The molecule has 0 saturated heterocycles. The molecular weight excluding hydrogens is 256 g/mol. The summed E-state index contributed by atoms with van der Waals surface area (Å²) >= 11 is 0. The fourth-order valence-electron chi connectivity index (χ4n) is 1.98. The largest absolute Gasteiger partial charge is 0.456 e. The Bertz CT molecular complexity index is 592. The first-order valence-electron chi connectivity index (χ1n) is 6.53. The summed E-state index contributed by atoms with van der Waals surface area (Å²) < 4.78 is 5.47. The molecular formula is C15H18N2O3. The molecule has 1 amide bonds.